The topological polar surface area (TPSA) is 91.8 Å². The SMILES string of the molecule is CC(C(=O)O)C1CN(C(=O)C2CCS(=O)(=O)C2)C1. The smallest absolute Gasteiger partial charge is 0.306 e. The monoisotopic (exact) mass is 275 g/mol. The largest absolute Gasteiger partial charge is 0.481 e. The molecule has 2 aliphatic rings. The summed E-state index contributed by atoms with van der Waals surface area (Å²) in [5.74, 6) is -1.84. The number of nitrogens with zero attached hydrogens (tertiary/aromatic N) is 1. The van der Waals surface area contributed by atoms with Crippen LogP contribution in [-0.2, 0) is 19.4 Å². The predicted molar refractivity (Wildman–Crippen MR) is 63.6 cm³/mol. The third kappa shape index (κ3) is 2.50. The zero-order valence-electron chi connectivity index (χ0n) is 10.2. The lowest BCUT2D eigenvalue weighted by molar-refractivity contribution is -0.152. The Labute approximate surface area is 106 Å². The summed E-state index contributed by atoms with van der Waals surface area (Å²) in [6.45, 7) is 2.50. The van der Waals surface area contributed by atoms with Gasteiger partial charge in [-0.25, -0.2) is 8.42 Å². The molecule has 7 heteroatoms. The fourth-order valence-electron chi connectivity index (χ4n) is 2.46. The highest BCUT2D eigenvalue weighted by Crippen LogP contribution is 2.28. The van der Waals surface area contributed by atoms with Crippen LogP contribution < -0.4 is 0 Å². The average molecular weight is 275 g/mol. The number of amides is 1. The Morgan fingerprint density at radius 2 is 1.94 bits per heavy atom. The van der Waals surface area contributed by atoms with Crippen molar-refractivity contribution in [2.45, 2.75) is 13.3 Å². The van der Waals surface area contributed by atoms with Gasteiger partial charge in [0.05, 0.1) is 23.3 Å². The van der Waals surface area contributed by atoms with E-state index in [1.165, 1.54) is 0 Å². The standard InChI is InChI=1S/C11H17NO5S/c1-7(11(14)15)9-4-12(5-9)10(13)8-2-3-18(16,17)6-8/h7-9H,2-6H2,1H3,(H,14,15). The van der Waals surface area contributed by atoms with Gasteiger partial charge in [-0.1, -0.05) is 6.92 Å². The molecule has 102 valence electrons. The first-order valence-corrected chi connectivity index (χ1v) is 7.84. The lowest BCUT2D eigenvalue weighted by Crippen LogP contribution is -2.55. The molecule has 2 heterocycles. The maximum Gasteiger partial charge on any atom is 0.306 e. The van der Waals surface area contributed by atoms with Gasteiger partial charge in [-0.15, -0.1) is 0 Å². The zero-order chi connectivity index (χ0) is 13.5. The Morgan fingerprint density at radius 1 is 1.33 bits per heavy atom. The van der Waals surface area contributed by atoms with Crippen LogP contribution in [0.4, 0.5) is 0 Å². The summed E-state index contributed by atoms with van der Waals surface area (Å²) in [7, 11) is -3.04. The minimum atomic E-state index is -3.04. The summed E-state index contributed by atoms with van der Waals surface area (Å²) in [5, 5.41) is 8.84. The molecule has 1 amide bonds. The molecule has 1 N–H and O–H groups in total. The number of aliphatic carboxylic acids is 1. The van der Waals surface area contributed by atoms with E-state index in [-0.39, 0.29) is 23.3 Å². The van der Waals surface area contributed by atoms with Crippen molar-refractivity contribution in [3.63, 3.8) is 0 Å². The number of carbonyl (C=O) groups excluding carboxylic acids is 1. The molecule has 0 aromatic carbocycles. The number of rotatable bonds is 3. The second kappa shape index (κ2) is 4.53. The number of carbonyl (C=O) groups is 2. The van der Waals surface area contributed by atoms with Crippen LogP contribution in [0.25, 0.3) is 0 Å². The normalized spacial score (nSPS) is 28.7. The molecule has 6 nitrogen and oxygen atoms in total. The Bertz CT molecular complexity index is 466. The molecule has 2 rings (SSSR count). The average Bonchev–Trinajstić information content (AvgIpc) is 2.56. The van der Waals surface area contributed by atoms with E-state index in [2.05, 4.69) is 0 Å². The van der Waals surface area contributed by atoms with Gasteiger partial charge < -0.3 is 10.0 Å². The van der Waals surface area contributed by atoms with Crippen molar-refractivity contribution in [1.82, 2.24) is 4.90 Å². The van der Waals surface area contributed by atoms with E-state index in [0.29, 0.717) is 19.5 Å². The highest BCUT2D eigenvalue weighted by molar-refractivity contribution is 7.91. The lowest BCUT2D eigenvalue weighted by Gasteiger charge is -2.42. The first-order chi connectivity index (χ1) is 8.30. The Morgan fingerprint density at radius 3 is 2.39 bits per heavy atom. The van der Waals surface area contributed by atoms with E-state index in [1.54, 1.807) is 11.8 Å². The summed E-state index contributed by atoms with van der Waals surface area (Å²) in [6, 6.07) is 0. The molecule has 0 radical (unpaired) electrons. The molecule has 0 bridgehead atoms. The summed E-state index contributed by atoms with van der Waals surface area (Å²) < 4.78 is 22.6. The van der Waals surface area contributed by atoms with Crippen LogP contribution in [0.5, 0.6) is 0 Å². The molecule has 2 aliphatic heterocycles. The Hall–Kier alpha value is -1.11. The molecule has 18 heavy (non-hydrogen) atoms. The number of likely N-dealkylation sites (tertiary alicyclic amines) is 1. The lowest BCUT2D eigenvalue weighted by atomic mass is 9.86. The molecular weight excluding hydrogens is 258 g/mol. The van der Waals surface area contributed by atoms with Gasteiger partial charge >= 0.3 is 5.97 Å². The number of carboxylic acid groups (broad SMARTS) is 1. The van der Waals surface area contributed by atoms with Crippen LogP contribution in [0.2, 0.25) is 0 Å². The second-order valence-corrected chi connectivity index (χ2v) is 7.46. The van der Waals surface area contributed by atoms with Crippen molar-refractivity contribution in [3.8, 4) is 0 Å². The summed E-state index contributed by atoms with van der Waals surface area (Å²) in [5.41, 5.74) is 0. The van der Waals surface area contributed by atoms with Crippen LogP contribution in [0.3, 0.4) is 0 Å². The molecule has 0 saturated carbocycles. The maximum atomic E-state index is 12.0. The molecule has 2 unspecified atom stereocenters. The van der Waals surface area contributed by atoms with E-state index in [4.69, 9.17) is 5.11 Å². The summed E-state index contributed by atoms with van der Waals surface area (Å²) >= 11 is 0. The molecule has 2 saturated heterocycles. The molecule has 0 spiro atoms. The minimum absolute atomic E-state index is 0.00976. The first-order valence-electron chi connectivity index (χ1n) is 6.02. The van der Waals surface area contributed by atoms with Crippen LogP contribution in [0, 0.1) is 17.8 Å². The fraction of sp³-hybridized carbons (Fsp3) is 0.818. The van der Waals surface area contributed by atoms with Crippen LogP contribution in [0.1, 0.15) is 13.3 Å². The molecule has 2 atom stereocenters. The van der Waals surface area contributed by atoms with E-state index < -0.39 is 27.6 Å². The van der Waals surface area contributed by atoms with Crippen LogP contribution >= 0.6 is 0 Å². The number of hydrogen-bond donors (Lipinski definition) is 1. The van der Waals surface area contributed by atoms with Crippen molar-refractivity contribution < 1.29 is 23.1 Å². The van der Waals surface area contributed by atoms with E-state index in [1.807, 2.05) is 0 Å². The van der Waals surface area contributed by atoms with Crippen molar-refractivity contribution in [1.29, 1.82) is 0 Å². The van der Waals surface area contributed by atoms with Gasteiger partial charge in [-0.05, 0) is 6.42 Å². The second-order valence-electron chi connectivity index (χ2n) is 5.23. The van der Waals surface area contributed by atoms with Crippen molar-refractivity contribution >= 4 is 21.7 Å². The maximum absolute atomic E-state index is 12.0. The minimum Gasteiger partial charge on any atom is -0.481 e. The Balaban J connectivity index is 1.86. The third-order valence-corrected chi connectivity index (χ3v) is 5.67. The fourth-order valence-corrected chi connectivity index (χ4v) is 4.19. The first kappa shape index (κ1) is 13.3. The molecule has 2 fully saturated rings. The summed E-state index contributed by atoms with van der Waals surface area (Å²) in [4.78, 5) is 24.3. The van der Waals surface area contributed by atoms with E-state index in [0.717, 1.165) is 0 Å². The van der Waals surface area contributed by atoms with Gasteiger partial charge in [-0.3, -0.25) is 9.59 Å². The van der Waals surface area contributed by atoms with Gasteiger partial charge in [0, 0.05) is 19.0 Å². The predicted octanol–water partition coefficient (Wildman–Crippen LogP) is -0.400. The summed E-state index contributed by atoms with van der Waals surface area (Å²) in [6.07, 6.45) is 0.400. The number of sulfone groups is 1. The Kier molecular flexibility index (Phi) is 3.35. The van der Waals surface area contributed by atoms with Crippen molar-refractivity contribution in [2.24, 2.45) is 17.8 Å². The van der Waals surface area contributed by atoms with Crippen LogP contribution in [-0.4, -0.2) is 54.9 Å². The zero-order valence-corrected chi connectivity index (χ0v) is 11.0. The van der Waals surface area contributed by atoms with Gasteiger partial charge in [0.15, 0.2) is 9.84 Å². The van der Waals surface area contributed by atoms with Gasteiger partial charge in [0.1, 0.15) is 0 Å². The van der Waals surface area contributed by atoms with Crippen molar-refractivity contribution in [2.75, 3.05) is 24.6 Å². The molecule has 0 aliphatic carbocycles. The van der Waals surface area contributed by atoms with Crippen LogP contribution in [0.15, 0.2) is 0 Å². The van der Waals surface area contributed by atoms with Gasteiger partial charge in [-0.2, -0.15) is 0 Å². The molecule has 0 aromatic heterocycles. The van der Waals surface area contributed by atoms with Crippen molar-refractivity contribution in [3.05, 3.63) is 0 Å². The third-order valence-electron chi connectivity index (χ3n) is 3.90. The molecular formula is C11H17NO5S. The van der Waals surface area contributed by atoms with Gasteiger partial charge in [0.25, 0.3) is 0 Å². The quantitative estimate of drug-likeness (QED) is 0.756. The number of hydrogen-bond acceptors (Lipinski definition) is 4. The molecule has 0 aromatic rings. The number of carboxylic acids is 1. The van der Waals surface area contributed by atoms with Gasteiger partial charge in [0.2, 0.25) is 5.91 Å². The highest BCUT2D eigenvalue weighted by Gasteiger charge is 2.42. The van der Waals surface area contributed by atoms with E-state index in [9.17, 15) is 18.0 Å². The van der Waals surface area contributed by atoms with E-state index >= 15 is 0 Å². The highest BCUT2D eigenvalue weighted by atomic mass is 32.2.